The van der Waals surface area contributed by atoms with Crippen molar-refractivity contribution in [3.05, 3.63) is 63.5 Å². The van der Waals surface area contributed by atoms with Crippen molar-refractivity contribution < 1.29 is 14.4 Å². The second-order valence-corrected chi connectivity index (χ2v) is 7.81. The fraction of sp³-hybridized carbons (Fsp3) is 0.250. The minimum atomic E-state index is -1.22. The van der Waals surface area contributed by atoms with E-state index in [2.05, 4.69) is 15.7 Å². The quantitative estimate of drug-likeness (QED) is 0.604. The summed E-state index contributed by atoms with van der Waals surface area (Å²) in [6.07, 6.45) is 0.330. The smallest absolute Gasteiger partial charge is 0.319 e. The molecule has 3 heterocycles. The van der Waals surface area contributed by atoms with Gasteiger partial charge in [-0.3, -0.25) is 24.7 Å². The SMILES string of the molecule is CCC1(c2ccccc2)NC(=O)N(CC(=O)Nn2c(C)nc3sccc3c2=O)C1=O. The first kappa shape index (κ1) is 19.8. The van der Waals surface area contributed by atoms with Gasteiger partial charge in [-0.05, 0) is 30.4 Å². The summed E-state index contributed by atoms with van der Waals surface area (Å²) in [5, 5.41) is 4.85. The van der Waals surface area contributed by atoms with Gasteiger partial charge in [0.05, 0.1) is 5.39 Å². The Kier molecular flexibility index (Phi) is 4.86. The van der Waals surface area contributed by atoms with Crippen molar-refractivity contribution in [3.8, 4) is 0 Å². The molecule has 0 spiro atoms. The highest BCUT2D eigenvalue weighted by molar-refractivity contribution is 7.16. The normalized spacial score (nSPS) is 18.7. The van der Waals surface area contributed by atoms with E-state index in [0.29, 0.717) is 28.0 Å². The zero-order valence-corrected chi connectivity index (χ0v) is 17.2. The minimum Gasteiger partial charge on any atom is -0.319 e. The summed E-state index contributed by atoms with van der Waals surface area (Å²) >= 11 is 1.33. The molecule has 30 heavy (non-hydrogen) atoms. The summed E-state index contributed by atoms with van der Waals surface area (Å²) in [5.41, 5.74) is 1.45. The van der Waals surface area contributed by atoms with E-state index in [0.717, 1.165) is 9.58 Å². The van der Waals surface area contributed by atoms with E-state index < -0.39 is 35.5 Å². The van der Waals surface area contributed by atoms with Crippen LogP contribution in [0.2, 0.25) is 0 Å². The molecule has 2 N–H and O–H groups in total. The third kappa shape index (κ3) is 3.05. The molecular formula is C20H19N5O4S. The standard InChI is InChI=1S/C20H19N5O4S/c1-3-20(13-7-5-4-6-8-13)18(28)24(19(29)22-20)11-15(26)23-25-12(2)21-16-14(17(25)27)9-10-30-16/h4-10H,3,11H2,1-2H3,(H,22,29)(H,23,26). The van der Waals surface area contributed by atoms with E-state index in [9.17, 15) is 19.2 Å². The molecule has 2 aromatic heterocycles. The van der Waals surface area contributed by atoms with Gasteiger partial charge in [-0.2, -0.15) is 0 Å². The van der Waals surface area contributed by atoms with Crippen LogP contribution < -0.4 is 16.3 Å². The van der Waals surface area contributed by atoms with Gasteiger partial charge >= 0.3 is 6.03 Å². The molecule has 9 nitrogen and oxygen atoms in total. The maximum absolute atomic E-state index is 13.1. The van der Waals surface area contributed by atoms with Crippen LogP contribution in [0.5, 0.6) is 0 Å². The summed E-state index contributed by atoms with van der Waals surface area (Å²) < 4.78 is 1.03. The number of rotatable bonds is 5. The highest BCUT2D eigenvalue weighted by Gasteiger charge is 2.51. The van der Waals surface area contributed by atoms with E-state index in [4.69, 9.17) is 0 Å². The van der Waals surface area contributed by atoms with Crippen LogP contribution >= 0.6 is 11.3 Å². The zero-order valence-electron chi connectivity index (χ0n) is 16.3. The van der Waals surface area contributed by atoms with Crippen LogP contribution in [0.4, 0.5) is 4.79 Å². The molecule has 0 bridgehead atoms. The molecule has 4 rings (SSSR count). The van der Waals surface area contributed by atoms with Gasteiger partial charge in [0.15, 0.2) is 0 Å². The van der Waals surface area contributed by atoms with E-state index in [-0.39, 0.29) is 0 Å². The first-order valence-electron chi connectivity index (χ1n) is 9.33. The number of nitrogens with zero attached hydrogens (tertiary/aromatic N) is 3. The van der Waals surface area contributed by atoms with Crippen LogP contribution in [0.1, 0.15) is 24.7 Å². The number of urea groups is 1. The number of amides is 4. The van der Waals surface area contributed by atoms with Gasteiger partial charge in [0, 0.05) is 0 Å². The van der Waals surface area contributed by atoms with Crippen LogP contribution in [0.15, 0.2) is 46.6 Å². The van der Waals surface area contributed by atoms with Crippen LogP contribution in [0.3, 0.4) is 0 Å². The van der Waals surface area contributed by atoms with Crippen molar-refractivity contribution in [2.45, 2.75) is 25.8 Å². The molecule has 1 atom stereocenters. The number of aryl methyl sites for hydroxylation is 1. The maximum Gasteiger partial charge on any atom is 0.325 e. The molecule has 0 saturated carbocycles. The Balaban J connectivity index is 1.58. The molecule has 3 aromatic rings. The Hall–Kier alpha value is -3.53. The van der Waals surface area contributed by atoms with Crippen molar-refractivity contribution in [1.82, 2.24) is 19.9 Å². The minimum absolute atomic E-state index is 0.299. The summed E-state index contributed by atoms with van der Waals surface area (Å²) in [6, 6.07) is 9.87. The lowest BCUT2D eigenvalue weighted by Gasteiger charge is -2.25. The van der Waals surface area contributed by atoms with Gasteiger partial charge < -0.3 is 5.32 Å². The number of aromatic nitrogens is 2. The number of hydrogen-bond acceptors (Lipinski definition) is 6. The van der Waals surface area contributed by atoms with E-state index in [1.807, 2.05) is 6.07 Å². The monoisotopic (exact) mass is 425 g/mol. The number of benzene rings is 1. The molecule has 1 aliphatic rings. The predicted octanol–water partition coefficient (Wildman–Crippen LogP) is 1.69. The number of carbonyl (C=O) groups is 3. The lowest BCUT2D eigenvalue weighted by atomic mass is 9.87. The average Bonchev–Trinajstić information content (AvgIpc) is 3.30. The highest BCUT2D eigenvalue weighted by Crippen LogP contribution is 2.32. The Morgan fingerprint density at radius 1 is 1.20 bits per heavy atom. The Labute approximate surface area is 175 Å². The first-order valence-corrected chi connectivity index (χ1v) is 10.2. The second-order valence-electron chi connectivity index (χ2n) is 6.92. The van der Waals surface area contributed by atoms with Crippen molar-refractivity contribution in [3.63, 3.8) is 0 Å². The van der Waals surface area contributed by atoms with Crippen LogP contribution in [0, 0.1) is 6.92 Å². The predicted molar refractivity (Wildman–Crippen MR) is 112 cm³/mol. The Morgan fingerprint density at radius 2 is 1.93 bits per heavy atom. The first-order chi connectivity index (χ1) is 14.4. The van der Waals surface area contributed by atoms with Crippen molar-refractivity contribution in [2.75, 3.05) is 12.0 Å². The topological polar surface area (TPSA) is 113 Å². The number of carbonyl (C=O) groups excluding carboxylic acids is 3. The molecule has 0 aliphatic carbocycles. The summed E-state index contributed by atoms with van der Waals surface area (Å²) in [5.74, 6) is -0.889. The molecule has 1 fully saturated rings. The molecule has 10 heteroatoms. The molecule has 0 radical (unpaired) electrons. The van der Waals surface area contributed by atoms with Crippen molar-refractivity contribution >= 4 is 39.4 Å². The fourth-order valence-electron chi connectivity index (χ4n) is 3.58. The van der Waals surface area contributed by atoms with Gasteiger partial charge in [-0.1, -0.05) is 37.3 Å². The van der Waals surface area contributed by atoms with E-state index >= 15 is 0 Å². The van der Waals surface area contributed by atoms with Crippen LogP contribution in [-0.2, 0) is 15.1 Å². The Bertz CT molecular complexity index is 1220. The third-order valence-electron chi connectivity index (χ3n) is 5.18. The van der Waals surface area contributed by atoms with Crippen molar-refractivity contribution in [1.29, 1.82) is 0 Å². The number of nitrogens with one attached hydrogen (secondary N) is 2. The summed E-state index contributed by atoms with van der Waals surface area (Å²) in [4.78, 5) is 56.6. The molecule has 1 aromatic carbocycles. The summed E-state index contributed by atoms with van der Waals surface area (Å²) in [7, 11) is 0. The second kappa shape index (κ2) is 7.38. The molecule has 154 valence electrons. The van der Waals surface area contributed by atoms with Gasteiger partial charge in [0.2, 0.25) is 0 Å². The molecule has 1 saturated heterocycles. The summed E-state index contributed by atoms with van der Waals surface area (Å²) in [6.45, 7) is 2.86. The lowest BCUT2D eigenvalue weighted by Crippen LogP contribution is -2.45. The van der Waals surface area contributed by atoms with Gasteiger partial charge in [0.1, 0.15) is 22.7 Å². The van der Waals surface area contributed by atoms with Crippen LogP contribution in [0.25, 0.3) is 10.2 Å². The average molecular weight is 425 g/mol. The number of hydrogen-bond donors (Lipinski definition) is 2. The van der Waals surface area contributed by atoms with E-state index in [1.165, 1.54) is 11.3 Å². The van der Waals surface area contributed by atoms with Gasteiger partial charge in [0.25, 0.3) is 17.4 Å². The fourth-order valence-corrected chi connectivity index (χ4v) is 4.38. The molecule has 1 unspecified atom stereocenters. The number of imide groups is 1. The molecule has 1 aliphatic heterocycles. The lowest BCUT2D eigenvalue weighted by molar-refractivity contribution is -0.134. The van der Waals surface area contributed by atoms with Gasteiger partial charge in [-0.15, -0.1) is 11.3 Å². The van der Waals surface area contributed by atoms with Gasteiger partial charge in [-0.25, -0.2) is 14.5 Å². The van der Waals surface area contributed by atoms with Crippen LogP contribution in [-0.4, -0.2) is 39.0 Å². The van der Waals surface area contributed by atoms with E-state index in [1.54, 1.807) is 49.6 Å². The number of fused-ring (bicyclic) bond motifs is 1. The molecular weight excluding hydrogens is 406 g/mol. The highest BCUT2D eigenvalue weighted by atomic mass is 32.1. The zero-order chi connectivity index (χ0) is 21.5. The maximum atomic E-state index is 13.1. The largest absolute Gasteiger partial charge is 0.325 e. The Morgan fingerprint density at radius 3 is 2.63 bits per heavy atom. The third-order valence-corrected chi connectivity index (χ3v) is 5.98. The number of thiophene rings is 1. The van der Waals surface area contributed by atoms with Crippen molar-refractivity contribution in [2.24, 2.45) is 0 Å². The molecule has 4 amide bonds.